The fraction of sp³-hybridized carbons (Fsp3) is 0.226. The predicted molar refractivity (Wildman–Crippen MR) is 146 cm³/mol. The highest BCUT2D eigenvalue weighted by Gasteiger charge is 2.12. The van der Waals surface area contributed by atoms with Crippen molar-refractivity contribution in [1.82, 2.24) is 15.3 Å². The molecule has 4 rings (SSSR count). The highest BCUT2D eigenvalue weighted by Crippen LogP contribution is 2.26. The van der Waals surface area contributed by atoms with Gasteiger partial charge < -0.3 is 19.8 Å². The average Bonchev–Trinajstić information content (AvgIpc) is 3.41. The molecule has 1 amide bonds. The third kappa shape index (κ3) is 7.95. The van der Waals surface area contributed by atoms with Gasteiger partial charge in [0.15, 0.2) is 0 Å². The lowest BCUT2D eigenvalue weighted by Gasteiger charge is -2.08. The summed E-state index contributed by atoms with van der Waals surface area (Å²) in [6.07, 6.45) is 4.51. The molecule has 0 aliphatic heterocycles. The minimum atomic E-state index is -0.366. The predicted octanol–water partition coefficient (Wildman–Crippen LogP) is 5.77. The maximum atomic E-state index is 14.0. The first-order valence-electron chi connectivity index (χ1n) is 12.7. The number of nitrogens with one attached hydrogen (secondary N) is 2. The van der Waals surface area contributed by atoms with E-state index in [1.54, 1.807) is 54.9 Å². The Bertz CT molecular complexity index is 1480. The van der Waals surface area contributed by atoms with Crippen molar-refractivity contribution in [3.05, 3.63) is 101 Å². The molecule has 2 aromatic heterocycles. The smallest absolute Gasteiger partial charge is 0.252 e. The maximum Gasteiger partial charge on any atom is 0.252 e. The molecule has 0 saturated heterocycles. The summed E-state index contributed by atoms with van der Waals surface area (Å²) >= 11 is 0. The Labute approximate surface area is 226 Å². The molecule has 2 heterocycles. The number of carbonyl (C=O) groups excluding carboxylic acids is 3. The van der Waals surface area contributed by atoms with Crippen LogP contribution in [-0.4, -0.2) is 34.0 Å². The van der Waals surface area contributed by atoms with E-state index in [1.807, 2.05) is 19.1 Å². The van der Waals surface area contributed by atoms with Crippen LogP contribution in [0.5, 0.6) is 11.5 Å². The van der Waals surface area contributed by atoms with Crippen LogP contribution in [0.1, 0.15) is 46.8 Å². The number of Topliss-reactive ketones (excluding diaryl/α,β-unsaturated/α-hetero) is 2. The molecule has 0 unspecified atom stereocenters. The van der Waals surface area contributed by atoms with Crippen LogP contribution < -0.4 is 10.1 Å². The van der Waals surface area contributed by atoms with Crippen LogP contribution in [0.25, 0.3) is 11.4 Å². The minimum absolute atomic E-state index is 0.0491. The van der Waals surface area contributed by atoms with Crippen molar-refractivity contribution >= 4 is 17.5 Å². The quantitative estimate of drug-likeness (QED) is 0.228. The van der Waals surface area contributed by atoms with Gasteiger partial charge in [-0.1, -0.05) is 29.8 Å². The number of amides is 1. The third-order valence-electron chi connectivity index (χ3n) is 6.09. The summed E-state index contributed by atoms with van der Waals surface area (Å²) in [5.41, 5.74) is 3.88. The fourth-order valence-corrected chi connectivity index (χ4v) is 4.09. The largest absolute Gasteiger partial charge is 0.457 e. The highest BCUT2D eigenvalue weighted by atomic mass is 19.1. The highest BCUT2D eigenvalue weighted by molar-refractivity contribution is 5.95. The second kappa shape index (κ2) is 12.8. The van der Waals surface area contributed by atoms with E-state index in [1.165, 1.54) is 13.0 Å². The Morgan fingerprint density at radius 2 is 1.77 bits per heavy atom. The second-order valence-corrected chi connectivity index (χ2v) is 9.47. The van der Waals surface area contributed by atoms with E-state index in [0.29, 0.717) is 53.4 Å². The van der Waals surface area contributed by atoms with Crippen LogP contribution in [0.4, 0.5) is 4.39 Å². The number of ketones is 2. The standard InChI is InChI=1S/C31H30FN3O4/c1-20-5-10-28(32)23(14-20)16-25(37)15-22-6-8-26(9-7-22)39-27-11-13-33-30(18-27)29-17-24(19-35-29)31(38)34-12-3-4-21(2)36/h5-11,13-14,17-19,35H,3-4,12,15-16H2,1-2H3,(H,34,38). The number of rotatable bonds is 12. The van der Waals surface area contributed by atoms with Gasteiger partial charge in [0, 0.05) is 44.3 Å². The lowest BCUT2D eigenvalue weighted by molar-refractivity contribution is -0.118. The second-order valence-electron chi connectivity index (χ2n) is 9.47. The molecule has 200 valence electrons. The molecule has 7 nitrogen and oxygen atoms in total. The van der Waals surface area contributed by atoms with E-state index < -0.39 is 0 Å². The van der Waals surface area contributed by atoms with Crippen LogP contribution in [0.2, 0.25) is 0 Å². The number of hydrogen-bond acceptors (Lipinski definition) is 5. The number of benzene rings is 2. The first-order chi connectivity index (χ1) is 18.8. The summed E-state index contributed by atoms with van der Waals surface area (Å²) in [4.78, 5) is 43.3. The van der Waals surface area contributed by atoms with E-state index in [9.17, 15) is 18.8 Å². The number of halogens is 1. The zero-order valence-electron chi connectivity index (χ0n) is 21.9. The molecule has 0 saturated carbocycles. The van der Waals surface area contributed by atoms with Crippen molar-refractivity contribution < 1.29 is 23.5 Å². The molecule has 0 aliphatic carbocycles. The van der Waals surface area contributed by atoms with E-state index in [-0.39, 0.29) is 36.1 Å². The first kappa shape index (κ1) is 27.4. The maximum absolute atomic E-state index is 14.0. The first-order valence-corrected chi connectivity index (χ1v) is 12.7. The summed E-state index contributed by atoms with van der Waals surface area (Å²) < 4.78 is 19.9. The van der Waals surface area contributed by atoms with Crippen LogP contribution in [0, 0.1) is 12.7 Å². The van der Waals surface area contributed by atoms with Gasteiger partial charge in [0.1, 0.15) is 28.9 Å². The van der Waals surface area contributed by atoms with Gasteiger partial charge in [0.05, 0.1) is 17.0 Å². The lowest BCUT2D eigenvalue weighted by atomic mass is 10.0. The van der Waals surface area contributed by atoms with Crippen molar-refractivity contribution in [2.24, 2.45) is 0 Å². The monoisotopic (exact) mass is 527 g/mol. The molecule has 39 heavy (non-hydrogen) atoms. The minimum Gasteiger partial charge on any atom is -0.457 e. The van der Waals surface area contributed by atoms with Crippen LogP contribution in [0.15, 0.2) is 73.1 Å². The molecule has 0 fully saturated rings. The number of pyridine rings is 1. The third-order valence-corrected chi connectivity index (χ3v) is 6.09. The van der Waals surface area contributed by atoms with Gasteiger partial charge in [-0.15, -0.1) is 0 Å². The van der Waals surface area contributed by atoms with Crippen LogP contribution >= 0.6 is 0 Å². The Morgan fingerprint density at radius 1 is 0.974 bits per heavy atom. The van der Waals surface area contributed by atoms with Gasteiger partial charge in [-0.25, -0.2) is 4.39 Å². The van der Waals surface area contributed by atoms with E-state index in [2.05, 4.69) is 15.3 Å². The number of nitrogens with zero attached hydrogens (tertiary/aromatic N) is 1. The molecular formula is C31H30FN3O4. The summed E-state index contributed by atoms with van der Waals surface area (Å²) in [6, 6.07) is 17.2. The number of aromatic nitrogens is 2. The molecule has 0 spiro atoms. The number of H-pyrrole nitrogens is 1. The normalized spacial score (nSPS) is 10.7. The average molecular weight is 528 g/mol. The van der Waals surface area contributed by atoms with Gasteiger partial charge >= 0.3 is 0 Å². The van der Waals surface area contributed by atoms with E-state index in [0.717, 1.165) is 11.1 Å². The Hall–Kier alpha value is -4.59. The molecule has 0 radical (unpaired) electrons. The van der Waals surface area contributed by atoms with Gasteiger partial charge in [0.2, 0.25) is 0 Å². The topological polar surface area (TPSA) is 101 Å². The van der Waals surface area contributed by atoms with Crippen molar-refractivity contribution in [2.75, 3.05) is 6.54 Å². The Kier molecular flexibility index (Phi) is 8.99. The fourth-order valence-electron chi connectivity index (χ4n) is 4.09. The molecule has 8 heteroatoms. The number of aromatic amines is 1. The van der Waals surface area contributed by atoms with Crippen LogP contribution in [0.3, 0.4) is 0 Å². The van der Waals surface area contributed by atoms with Gasteiger partial charge in [-0.3, -0.25) is 14.6 Å². The number of hydrogen-bond donors (Lipinski definition) is 2. The number of ether oxygens (including phenoxy) is 1. The molecule has 4 aromatic rings. The molecule has 2 aromatic carbocycles. The van der Waals surface area contributed by atoms with Crippen LogP contribution in [-0.2, 0) is 22.4 Å². The summed E-state index contributed by atoms with van der Waals surface area (Å²) in [5.74, 6) is 0.584. The molecule has 2 N–H and O–H groups in total. The Morgan fingerprint density at radius 3 is 2.54 bits per heavy atom. The molecule has 0 aliphatic rings. The van der Waals surface area contributed by atoms with E-state index in [4.69, 9.17) is 4.74 Å². The van der Waals surface area contributed by atoms with Gasteiger partial charge in [-0.2, -0.15) is 0 Å². The van der Waals surface area contributed by atoms with Crippen molar-refractivity contribution in [1.29, 1.82) is 0 Å². The van der Waals surface area contributed by atoms with Crippen molar-refractivity contribution in [3.63, 3.8) is 0 Å². The Balaban J connectivity index is 1.33. The van der Waals surface area contributed by atoms with Crippen molar-refractivity contribution in [2.45, 2.75) is 39.5 Å². The lowest BCUT2D eigenvalue weighted by Crippen LogP contribution is -2.24. The summed E-state index contributed by atoms with van der Waals surface area (Å²) in [7, 11) is 0. The van der Waals surface area contributed by atoms with Gasteiger partial charge in [-0.05, 0) is 61.7 Å². The summed E-state index contributed by atoms with van der Waals surface area (Å²) in [6.45, 7) is 3.83. The van der Waals surface area contributed by atoms with E-state index >= 15 is 0 Å². The molecule has 0 bridgehead atoms. The molecular weight excluding hydrogens is 497 g/mol. The number of aryl methyl sites for hydroxylation is 1. The van der Waals surface area contributed by atoms with Gasteiger partial charge in [0.25, 0.3) is 5.91 Å². The molecule has 0 atom stereocenters. The number of carbonyl (C=O) groups is 3. The zero-order valence-corrected chi connectivity index (χ0v) is 21.9. The SMILES string of the molecule is CC(=O)CCCNC(=O)c1c[nH]c(-c2cc(Oc3ccc(CC(=O)Cc4cc(C)ccc4F)cc3)ccn2)c1. The van der Waals surface area contributed by atoms with Crippen molar-refractivity contribution in [3.8, 4) is 22.9 Å². The summed E-state index contributed by atoms with van der Waals surface area (Å²) in [5, 5.41) is 2.80. The zero-order chi connectivity index (χ0) is 27.8.